The van der Waals surface area contributed by atoms with Crippen LogP contribution in [0.1, 0.15) is 12.6 Å². The summed E-state index contributed by atoms with van der Waals surface area (Å²) in [7, 11) is 0. The molecule has 28 heavy (non-hydrogen) atoms. The molecule has 1 aliphatic heterocycles. The van der Waals surface area contributed by atoms with Gasteiger partial charge in [-0.1, -0.05) is 18.2 Å². The van der Waals surface area contributed by atoms with E-state index in [4.69, 9.17) is 9.47 Å². The average Bonchev–Trinajstić information content (AvgIpc) is 3.23. The first kappa shape index (κ1) is 19.3. The van der Waals surface area contributed by atoms with E-state index in [0.717, 1.165) is 48.3 Å². The molecule has 0 spiro atoms. The summed E-state index contributed by atoms with van der Waals surface area (Å²) < 4.78 is 10.8. The summed E-state index contributed by atoms with van der Waals surface area (Å²) in [5.74, 6) is 1.78. The smallest absolute Gasteiger partial charge is 0.211 e. The zero-order valence-corrected chi connectivity index (χ0v) is 15.8. The Morgan fingerprint density at radius 2 is 2.14 bits per heavy atom. The van der Waals surface area contributed by atoms with Crippen LogP contribution in [0.3, 0.4) is 0 Å². The molecule has 2 heterocycles. The minimum absolute atomic E-state index is 0.654. The number of nitrogens with one attached hydrogen (secondary N) is 2. The zero-order valence-electron chi connectivity index (χ0n) is 15.8. The number of nitrogens with zero attached hydrogens (tertiary/aromatic N) is 2. The van der Waals surface area contributed by atoms with Crippen LogP contribution in [-0.2, 0) is 11.3 Å². The van der Waals surface area contributed by atoms with E-state index in [1.54, 1.807) is 6.33 Å². The highest BCUT2D eigenvalue weighted by atomic mass is 16.5. The number of aromatic nitrogens is 2. The highest BCUT2D eigenvalue weighted by Gasteiger charge is 2.19. The fourth-order valence-corrected chi connectivity index (χ4v) is 2.86. The van der Waals surface area contributed by atoms with Gasteiger partial charge in [-0.05, 0) is 37.3 Å². The lowest BCUT2D eigenvalue weighted by Crippen LogP contribution is -2.32. The summed E-state index contributed by atoms with van der Waals surface area (Å²) in [6.07, 6.45) is 4.15. The van der Waals surface area contributed by atoms with Crippen molar-refractivity contribution in [1.29, 1.82) is 0 Å². The lowest BCUT2D eigenvalue weighted by Gasteiger charge is -2.31. The lowest BCUT2D eigenvalue weighted by atomic mass is 10.2. The van der Waals surface area contributed by atoms with Crippen molar-refractivity contribution in [2.24, 2.45) is 0 Å². The van der Waals surface area contributed by atoms with E-state index in [-0.39, 0.29) is 0 Å². The molecule has 1 aliphatic rings. The van der Waals surface area contributed by atoms with Crippen molar-refractivity contribution >= 4 is 17.8 Å². The molecular formula is C21H24N4O3. The first-order valence-electron chi connectivity index (χ1n) is 9.17. The van der Waals surface area contributed by atoms with E-state index in [9.17, 15) is 4.79 Å². The zero-order chi connectivity index (χ0) is 19.6. The van der Waals surface area contributed by atoms with Crippen LogP contribution in [0.5, 0.6) is 11.5 Å². The maximum atomic E-state index is 10.5. The Labute approximate surface area is 164 Å². The predicted molar refractivity (Wildman–Crippen MR) is 109 cm³/mol. The highest BCUT2D eigenvalue weighted by molar-refractivity contribution is 5.76. The van der Waals surface area contributed by atoms with E-state index in [1.165, 1.54) is 0 Å². The van der Waals surface area contributed by atoms with Gasteiger partial charge in [0.2, 0.25) is 6.41 Å². The summed E-state index contributed by atoms with van der Waals surface area (Å²) in [5, 5.41) is 2.65. The number of amides is 1. The lowest BCUT2D eigenvalue weighted by molar-refractivity contribution is -0.105. The largest absolute Gasteiger partial charge is 0.494 e. The SMILES string of the molecule is CCOc1ccccc1.O=CNc1ccc2c(c1)N(Cc1cnc[nH]1)CCO2. The minimum atomic E-state index is 0.654. The third kappa shape index (κ3) is 5.26. The van der Waals surface area contributed by atoms with E-state index in [2.05, 4.69) is 20.2 Å². The van der Waals surface area contributed by atoms with Gasteiger partial charge in [-0.25, -0.2) is 4.98 Å². The fourth-order valence-electron chi connectivity index (χ4n) is 2.86. The number of ether oxygens (including phenoxy) is 2. The van der Waals surface area contributed by atoms with E-state index in [0.29, 0.717) is 13.0 Å². The second kappa shape index (κ2) is 10.0. The molecule has 146 valence electrons. The minimum Gasteiger partial charge on any atom is -0.494 e. The van der Waals surface area contributed by atoms with Crippen LogP contribution in [0.25, 0.3) is 0 Å². The molecule has 0 radical (unpaired) electrons. The van der Waals surface area contributed by atoms with Crippen LogP contribution in [0.15, 0.2) is 61.1 Å². The number of H-pyrrole nitrogens is 1. The van der Waals surface area contributed by atoms with Gasteiger partial charge in [-0.2, -0.15) is 0 Å². The van der Waals surface area contributed by atoms with Crippen molar-refractivity contribution in [1.82, 2.24) is 9.97 Å². The summed E-state index contributed by atoms with van der Waals surface area (Å²) in [6.45, 7) is 4.91. The van der Waals surface area contributed by atoms with Gasteiger partial charge in [-0.15, -0.1) is 0 Å². The summed E-state index contributed by atoms with van der Waals surface area (Å²) in [4.78, 5) is 19.8. The van der Waals surface area contributed by atoms with Crippen molar-refractivity contribution in [3.63, 3.8) is 0 Å². The van der Waals surface area contributed by atoms with Crippen LogP contribution in [0, 0.1) is 0 Å². The Morgan fingerprint density at radius 1 is 1.29 bits per heavy atom. The molecule has 0 unspecified atom stereocenters. The number of fused-ring (bicyclic) bond motifs is 1. The molecular weight excluding hydrogens is 356 g/mol. The van der Waals surface area contributed by atoms with Gasteiger partial charge in [0, 0.05) is 11.9 Å². The number of hydrogen-bond donors (Lipinski definition) is 2. The molecule has 0 aliphatic carbocycles. The van der Waals surface area contributed by atoms with E-state index in [1.807, 2.05) is 61.7 Å². The molecule has 7 heteroatoms. The molecule has 0 bridgehead atoms. The first-order valence-corrected chi connectivity index (χ1v) is 9.17. The Balaban J connectivity index is 0.000000211. The Morgan fingerprint density at radius 3 is 2.86 bits per heavy atom. The maximum Gasteiger partial charge on any atom is 0.211 e. The van der Waals surface area contributed by atoms with Gasteiger partial charge in [0.05, 0.1) is 37.4 Å². The standard InChI is InChI=1S/C13H14N4O2.C8H10O/c18-9-16-10-1-2-13-12(5-10)17(3-4-19-13)7-11-6-14-8-15-11;1-2-9-8-6-4-3-5-7-8/h1-2,5-6,8-9H,3-4,7H2,(H,14,15)(H,16,18);3-7H,2H2,1H3. The fraction of sp³-hybridized carbons (Fsp3) is 0.238. The van der Waals surface area contributed by atoms with E-state index >= 15 is 0 Å². The van der Waals surface area contributed by atoms with Crippen LogP contribution in [0.2, 0.25) is 0 Å². The molecule has 0 saturated carbocycles. The Hall–Kier alpha value is -3.48. The number of aromatic amines is 1. The van der Waals surface area contributed by atoms with Gasteiger partial charge in [0.25, 0.3) is 0 Å². The van der Waals surface area contributed by atoms with Gasteiger partial charge in [0.15, 0.2) is 0 Å². The number of hydrogen-bond acceptors (Lipinski definition) is 5. The highest BCUT2D eigenvalue weighted by Crippen LogP contribution is 2.34. The molecule has 2 N–H and O–H groups in total. The predicted octanol–water partition coefficient (Wildman–Crippen LogP) is 3.46. The normalized spacial score (nSPS) is 12.1. The van der Waals surface area contributed by atoms with E-state index < -0.39 is 0 Å². The van der Waals surface area contributed by atoms with Crippen LogP contribution in [0.4, 0.5) is 11.4 Å². The number of imidazole rings is 1. The van der Waals surface area contributed by atoms with Crippen molar-refractivity contribution in [2.75, 3.05) is 30.0 Å². The number of anilines is 2. The van der Waals surface area contributed by atoms with Crippen LogP contribution < -0.4 is 19.7 Å². The number of carbonyl (C=O) groups is 1. The van der Waals surface area contributed by atoms with Crippen molar-refractivity contribution in [2.45, 2.75) is 13.5 Å². The molecule has 7 nitrogen and oxygen atoms in total. The molecule has 4 rings (SSSR count). The van der Waals surface area contributed by atoms with Gasteiger partial charge >= 0.3 is 0 Å². The Bertz CT molecular complexity index is 853. The number of rotatable bonds is 6. The van der Waals surface area contributed by atoms with Gasteiger partial charge in [0.1, 0.15) is 18.1 Å². The molecule has 3 aromatic rings. The average molecular weight is 380 g/mol. The van der Waals surface area contributed by atoms with Crippen molar-refractivity contribution in [3.8, 4) is 11.5 Å². The van der Waals surface area contributed by atoms with Crippen LogP contribution >= 0.6 is 0 Å². The summed E-state index contributed by atoms with van der Waals surface area (Å²) in [5.41, 5.74) is 2.78. The van der Waals surface area contributed by atoms with Gasteiger partial charge in [-0.3, -0.25) is 4.79 Å². The second-order valence-electron chi connectivity index (χ2n) is 6.04. The summed E-state index contributed by atoms with van der Waals surface area (Å²) in [6, 6.07) is 15.4. The monoisotopic (exact) mass is 380 g/mol. The second-order valence-corrected chi connectivity index (χ2v) is 6.04. The third-order valence-corrected chi connectivity index (χ3v) is 4.11. The third-order valence-electron chi connectivity index (χ3n) is 4.11. The van der Waals surface area contributed by atoms with Crippen molar-refractivity contribution in [3.05, 3.63) is 66.7 Å². The molecule has 0 atom stereocenters. The molecule has 0 saturated heterocycles. The molecule has 1 aromatic heterocycles. The number of carbonyl (C=O) groups excluding carboxylic acids is 1. The van der Waals surface area contributed by atoms with Crippen molar-refractivity contribution < 1.29 is 14.3 Å². The molecule has 2 aromatic carbocycles. The topological polar surface area (TPSA) is 79.5 Å². The molecule has 1 amide bonds. The number of benzene rings is 2. The number of para-hydroxylation sites is 1. The molecule has 0 fully saturated rings. The maximum absolute atomic E-state index is 10.5. The first-order chi connectivity index (χ1) is 13.8. The Kier molecular flexibility index (Phi) is 6.89. The van der Waals surface area contributed by atoms with Crippen LogP contribution in [-0.4, -0.2) is 36.1 Å². The summed E-state index contributed by atoms with van der Waals surface area (Å²) >= 11 is 0. The quantitative estimate of drug-likeness (QED) is 0.640. The van der Waals surface area contributed by atoms with Gasteiger partial charge < -0.3 is 24.7 Å².